The van der Waals surface area contributed by atoms with Gasteiger partial charge in [0.25, 0.3) is 0 Å². The Kier molecular flexibility index (Phi) is 4.91. The van der Waals surface area contributed by atoms with Gasteiger partial charge in [-0.15, -0.1) is 0 Å². The molecule has 0 heterocycles. The Hall–Kier alpha value is -0.770. The number of rotatable bonds is 3. The topological polar surface area (TPSA) is 58.6 Å². The molecule has 1 radical (unpaired) electrons. The van der Waals surface area contributed by atoms with Crippen molar-refractivity contribution in [1.82, 2.24) is 5.32 Å². The molecule has 0 fully saturated rings. The van der Waals surface area contributed by atoms with Crippen molar-refractivity contribution in [2.75, 3.05) is 19.8 Å². The van der Waals surface area contributed by atoms with E-state index in [1.54, 1.807) is 0 Å². The molecule has 9 heavy (non-hydrogen) atoms. The molecule has 0 spiro atoms. The van der Waals surface area contributed by atoms with Crippen molar-refractivity contribution >= 4 is 6.09 Å². The van der Waals surface area contributed by atoms with Crippen LogP contribution in [0.3, 0.4) is 0 Å². The van der Waals surface area contributed by atoms with Crippen molar-refractivity contribution in [1.29, 1.82) is 0 Å². The maximum absolute atomic E-state index is 10.3. The van der Waals surface area contributed by atoms with Crippen molar-refractivity contribution in [3.05, 3.63) is 6.92 Å². The number of hydrogen-bond acceptors (Lipinski definition) is 3. The van der Waals surface area contributed by atoms with Crippen LogP contribution in [0.1, 0.15) is 0 Å². The average Bonchev–Trinajstić information content (AvgIpc) is 1.85. The number of nitrogens with one attached hydrogen (secondary N) is 1. The third-order valence-electron chi connectivity index (χ3n) is 0.594. The third kappa shape index (κ3) is 5.10. The molecule has 0 aromatic carbocycles. The summed E-state index contributed by atoms with van der Waals surface area (Å²) in [5.74, 6) is 0. The molecule has 0 aliphatic rings. The van der Waals surface area contributed by atoms with E-state index in [9.17, 15) is 4.79 Å². The maximum Gasteiger partial charge on any atom is 0.407 e. The zero-order valence-electron chi connectivity index (χ0n) is 5.09. The first kappa shape index (κ1) is 8.23. The van der Waals surface area contributed by atoms with Gasteiger partial charge in [-0.05, 0) is 6.92 Å². The van der Waals surface area contributed by atoms with Crippen LogP contribution >= 0.6 is 0 Å². The lowest BCUT2D eigenvalue weighted by molar-refractivity contribution is 0.120. The Morgan fingerprint density at radius 2 is 2.44 bits per heavy atom. The van der Waals surface area contributed by atoms with Gasteiger partial charge in [0.15, 0.2) is 0 Å². The molecular formula is C5H10NO3. The zero-order chi connectivity index (χ0) is 7.11. The van der Waals surface area contributed by atoms with E-state index in [1.807, 2.05) is 0 Å². The van der Waals surface area contributed by atoms with Crippen molar-refractivity contribution in [3.63, 3.8) is 0 Å². The van der Waals surface area contributed by atoms with E-state index in [0.29, 0.717) is 6.54 Å². The summed E-state index contributed by atoms with van der Waals surface area (Å²) in [5, 5.41) is 10.5. The molecule has 0 aromatic rings. The molecule has 0 rings (SSSR count). The minimum absolute atomic E-state index is 0.0336. The van der Waals surface area contributed by atoms with Gasteiger partial charge < -0.3 is 15.2 Å². The van der Waals surface area contributed by atoms with Crippen LogP contribution in [-0.4, -0.2) is 31.0 Å². The first-order valence-corrected chi connectivity index (χ1v) is 2.62. The van der Waals surface area contributed by atoms with Gasteiger partial charge >= 0.3 is 6.09 Å². The minimum atomic E-state index is -0.543. The number of hydrogen-bond donors (Lipinski definition) is 2. The van der Waals surface area contributed by atoms with E-state index in [-0.39, 0.29) is 13.2 Å². The Morgan fingerprint density at radius 1 is 1.78 bits per heavy atom. The lowest BCUT2D eigenvalue weighted by atomic mass is 10.7. The van der Waals surface area contributed by atoms with Crippen LogP contribution in [0.15, 0.2) is 0 Å². The van der Waals surface area contributed by atoms with Crippen LogP contribution in [0.5, 0.6) is 0 Å². The Bertz CT molecular complexity index is 84.3. The second-order valence-corrected chi connectivity index (χ2v) is 1.29. The fourth-order valence-corrected chi connectivity index (χ4v) is 0.291. The molecule has 53 valence electrons. The zero-order valence-corrected chi connectivity index (χ0v) is 5.09. The fraction of sp³-hybridized carbons (Fsp3) is 0.600. The highest BCUT2D eigenvalue weighted by atomic mass is 16.6. The van der Waals surface area contributed by atoms with E-state index in [0.717, 1.165) is 0 Å². The van der Waals surface area contributed by atoms with Gasteiger partial charge in [0, 0.05) is 6.54 Å². The normalized spacial score (nSPS) is 8.67. The van der Waals surface area contributed by atoms with E-state index in [2.05, 4.69) is 17.0 Å². The van der Waals surface area contributed by atoms with Gasteiger partial charge in [0.2, 0.25) is 0 Å². The van der Waals surface area contributed by atoms with Crippen molar-refractivity contribution < 1.29 is 14.6 Å². The summed E-state index contributed by atoms with van der Waals surface area (Å²) >= 11 is 0. The lowest BCUT2D eigenvalue weighted by Crippen LogP contribution is -2.24. The summed E-state index contributed by atoms with van der Waals surface area (Å²) in [6.45, 7) is 3.54. The second-order valence-electron chi connectivity index (χ2n) is 1.29. The first-order chi connectivity index (χ1) is 4.31. The molecule has 2 N–H and O–H groups in total. The van der Waals surface area contributed by atoms with E-state index >= 15 is 0 Å². The molecular weight excluding hydrogens is 122 g/mol. The number of aliphatic hydroxyl groups excluding tert-OH is 1. The molecule has 0 atom stereocenters. The Balaban J connectivity index is 3.06. The van der Waals surface area contributed by atoms with Gasteiger partial charge in [-0.25, -0.2) is 4.79 Å². The third-order valence-corrected chi connectivity index (χ3v) is 0.594. The molecule has 1 amide bonds. The molecule has 0 saturated carbocycles. The number of carbonyl (C=O) groups is 1. The average molecular weight is 132 g/mol. The highest BCUT2D eigenvalue weighted by molar-refractivity contribution is 5.67. The molecule has 4 nitrogen and oxygen atoms in total. The molecule has 0 bridgehead atoms. The first-order valence-electron chi connectivity index (χ1n) is 2.62. The Labute approximate surface area is 53.8 Å². The highest BCUT2D eigenvalue weighted by Gasteiger charge is 1.95. The summed E-state index contributed by atoms with van der Waals surface area (Å²) in [6.07, 6.45) is -0.543. The largest absolute Gasteiger partial charge is 0.447 e. The SMILES string of the molecule is [CH2]CNC(=O)OCCO. The summed E-state index contributed by atoms with van der Waals surface area (Å²) in [4.78, 5) is 10.3. The molecule has 0 aliphatic carbocycles. The van der Waals surface area contributed by atoms with Crippen molar-refractivity contribution in [3.8, 4) is 0 Å². The van der Waals surface area contributed by atoms with Crippen LogP contribution in [0, 0.1) is 6.92 Å². The van der Waals surface area contributed by atoms with E-state index in [4.69, 9.17) is 5.11 Å². The molecule has 0 aromatic heterocycles. The Morgan fingerprint density at radius 3 is 2.89 bits per heavy atom. The van der Waals surface area contributed by atoms with Gasteiger partial charge in [-0.1, -0.05) is 0 Å². The summed E-state index contributed by atoms with van der Waals surface area (Å²) in [6, 6.07) is 0. The van der Waals surface area contributed by atoms with Crippen LogP contribution in [0.4, 0.5) is 4.79 Å². The number of alkyl carbamates (subject to hydrolysis) is 1. The number of carbonyl (C=O) groups excluding carboxylic acids is 1. The summed E-state index contributed by atoms with van der Waals surface area (Å²) in [5.41, 5.74) is 0. The molecule has 4 heteroatoms. The summed E-state index contributed by atoms with van der Waals surface area (Å²) in [7, 11) is 0. The van der Waals surface area contributed by atoms with Crippen LogP contribution in [-0.2, 0) is 4.74 Å². The number of aliphatic hydroxyl groups is 1. The summed E-state index contributed by atoms with van der Waals surface area (Å²) < 4.78 is 4.39. The van der Waals surface area contributed by atoms with E-state index in [1.165, 1.54) is 0 Å². The molecule has 0 saturated heterocycles. The highest BCUT2D eigenvalue weighted by Crippen LogP contribution is 1.73. The van der Waals surface area contributed by atoms with Crippen LogP contribution in [0.2, 0.25) is 0 Å². The minimum Gasteiger partial charge on any atom is -0.447 e. The quantitative estimate of drug-likeness (QED) is 0.546. The molecule has 0 aliphatic heterocycles. The van der Waals surface area contributed by atoms with Gasteiger partial charge in [0.05, 0.1) is 6.61 Å². The lowest BCUT2D eigenvalue weighted by Gasteiger charge is -2.00. The van der Waals surface area contributed by atoms with Crippen LogP contribution in [0.25, 0.3) is 0 Å². The van der Waals surface area contributed by atoms with Gasteiger partial charge in [0.1, 0.15) is 6.61 Å². The fourth-order valence-electron chi connectivity index (χ4n) is 0.291. The predicted octanol–water partition coefficient (Wildman–Crippen LogP) is -0.461. The monoisotopic (exact) mass is 132 g/mol. The van der Waals surface area contributed by atoms with Gasteiger partial charge in [-0.3, -0.25) is 0 Å². The van der Waals surface area contributed by atoms with E-state index < -0.39 is 6.09 Å². The smallest absolute Gasteiger partial charge is 0.407 e. The van der Waals surface area contributed by atoms with Crippen molar-refractivity contribution in [2.24, 2.45) is 0 Å². The van der Waals surface area contributed by atoms with Crippen molar-refractivity contribution in [2.45, 2.75) is 0 Å². The standard InChI is InChI=1S/C5H10NO3/c1-2-6-5(8)9-4-3-7/h7H,1-4H2,(H,6,8). The predicted molar refractivity (Wildman–Crippen MR) is 31.8 cm³/mol. The number of ether oxygens (including phenoxy) is 1. The van der Waals surface area contributed by atoms with Crippen LogP contribution < -0.4 is 5.32 Å². The number of amides is 1. The molecule has 0 unspecified atom stereocenters. The maximum atomic E-state index is 10.3. The second kappa shape index (κ2) is 5.37. The van der Waals surface area contributed by atoms with Gasteiger partial charge in [-0.2, -0.15) is 0 Å².